The molecule has 2 N–H and O–H groups in total. The van der Waals surface area contributed by atoms with E-state index in [1.165, 1.54) is 18.5 Å². The van der Waals surface area contributed by atoms with Crippen molar-refractivity contribution in [3.05, 3.63) is 59.8 Å². The van der Waals surface area contributed by atoms with Gasteiger partial charge in [0.25, 0.3) is 0 Å². The summed E-state index contributed by atoms with van der Waals surface area (Å²) in [6.45, 7) is 2.28. The molecular weight excluding hydrogens is 348 g/mol. The van der Waals surface area contributed by atoms with Crippen LogP contribution in [0.2, 0.25) is 5.02 Å². The second kappa shape index (κ2) is 7.58. The quantitative estimate of drug-likeness (QED) is 0.687. The number of aromatic nitrogens is 3. The molecule has 2 heterocycles. The largest absolute Gasteiger partial charge is 0.372 e. The van der Waals surface area contributed by atoms with E-state index < -0.39 is 0 Å². The molecule has 26 heavy (non-hydrogen) atoms. The minimum absolute atomic E-state index is 0.386. The molecule has 1 aliphatic rings. The van der Waals surface area contributed by atoms with Crippen LogP contribution in [0.25, 0.3) is 0 Å². The second-order valence-electron chi connectivity index (χ2n) is 6.14. The van der Waals surface area contributed by atoms with Crippen LogP contribution in [0.15, 0.2) is 54.7 Å². The zero-order valence-electron chi connectivity index (χ0n) is 14.2. The van der Waals surface area contributed by atoms with Crippen LogP contribution < -0.4 is 15.5 Å². The zero-order valence-corrected chi connectivity index (χ0v) is 14.9. The van der Waals surface area contributed by atoms with Crippen LogP contribution in [0, 0.1) is 0 Å². The Hall–Kier alpha value is -2.86. The Labute approximate surface area is 157 Å². The molecule has 132 valence electrons. The summed E-state index contributed by atoms with van der Waals surface area (Å²) in [6, 6.07) is 15.8. The number of halogens is 1. The summed E-state index contributed by atoms with van der Waals surface area (Å²) in [5.74, 6) is 1.00. The molecule has 0 bridgehead atoms. The van der Waals surface area contributed by atoms with Crippen LogP contribution in [0.4, 0.5) is 28.8 Å². The van der Waals surface area contributed by atoms with Gasteiger partial charge in [-0.25, -0.2) is 0 Å². The SMILES string of the molecule is Clc1ccccc1Nc1nncc(Nc2ccc(N3CCCC3)cc2)n1. The van der Waals surface area contributed by atoms with Crippen LogP contribution in [-0.2, 0) is 0 Å². The summed E-state index contributed by atoms with van der Waals surface area (Å²) < 4.78 is 0. The number of anilines is 5. The van der Waals surface area contributed by atoms with Gasteiger partial charge in [-0.3, -0.25) is 0 Å². The molecule has 0 unspecified atom stereocenters. The first-order chi connectivity index (χ1) is 12.8. The average molecular weight is 367 g/mol. The Morgan fingerprint density at radius 3 is 2.46 bits per heavy atom. The monoisotopic (exact) mass is 366 g/mol. The number of hydrogen-bond donors (Lipinski definition) is 2. The number of hydrogen-bond acceptors (Lipinski definition) is 6. The second-order valence-corrected chi connectivity index (χ2v) is 6.54. The van der Waals surface area contributed by atoms with Gasteiger partial charge in [-0.05, 0) is 49.2 Å². The molecule has 1 saturated heterocycles. The summed E-state index contributed by atoms with van der Waals surface area (Å²) in [7, 11) is 0. The minimum Gasteiger partial charge on any atom is -0.372 e. The highest BCUT2D eigenvalue weighted by atomic mass is 35.5. The molecule has 6 nitrogen and oxygen atoms in total. The number of nitrogens with zero attached hydrogens (tertiary/aromatic N) is 4. The highest BCUT2D eigenvalue weighted by molar-refractivity contribution is 6.33. The maximum absolute atomic E-state index is 6.15. The van der Waals surface area contributed by atoms with Gasteiger partial charge in [0.1, 0.15) is 0 Å². The fourth-order valence-electron chi connectivity index (χ4n) is 2.98. The van der Waals surface area contributed by atoms with Crippen molar-refractivity contribution in [1.29, 1.82) is 0 Å². The van der Waals surface area contributed by atoms with Crippen molar-refractivity contribution in [3.63, 3.8) is 0 Å². The van der Waals surface area contributed by atoms with E-state index in [2.05, 4.69) is 55.0 Å². The van der Waals surface area contributed by atoms with Gasteiger partial charge in [0.05, 0.1) is 16.9 Å². The molecule has 1 aliphatic heterocycles. The van der Waals surface area contributed by atoms with Crippen molar-refractivity contribution in [2.45, 2.75) is 12.8 Å². The van der Waals surface area contributed by atoms with Crippen molar-refractivity contribution in [3.8, 4) is 0 Å². The van der Waals surface area contributed by atoms with E-state index in [4.69, 9.17) is 11.6 Å². The third-order valence-corrected chi connectivity index (χ3v) is 4.62. The van der Waals surface area contributed by atoms with Gasteiger partial charge in [-0.15, -0.1) is 5.10 Å². The molecular formula is C19H19ClN6. The molecule has 3 aromatic rings. The number of benzene rings is 2. The van der Waals surface area contributed by atoms with E-state index in [0.29, 0.717) is 16.8 Å². The molecule has 0 aliphatic carbocycles. The van der Waals surface area contributed by atoms with Crippen LogP contribution in [0.3, 0.4) is 0 Å². The molecule has 2 aromatic carbocycles. The Morgan fingerprint density at radius 1 is 0.923 bits per heavy atom. The van der Waals surface area contributed by atoms with Crippen LogP contribution in [0.1, 0.15) is 12.8 Å². The third kappa shape index (κ3) is 3.86. The lowest BCUT2D eigenvalue weighted by atomic mass is 10.2. The van der Waals surface area contributed by atoms with Crippen molar-refractivity contribution in [2.24, 2.45) is 0 Å². The Kier molecular flexibility index (Phi) is 4.84. The van der Waals surface area contributed by atoms with E-state index in [0.717, 1.165) is 24.5 Å². The molecule has 0 radical (unpaired) electrons. The lowest BCUT2D eigenvalue weighted by molar-refractivity contribution is 0.949. The smallest absolute Gasteiger partial charge is 0.249 e. The third-order valence-electron chi connectivity index (χ3n) is 4.29. The fourth-order valence-corrected chi connectivity index (χ4v) is 3.16. The lowest BCUT2D eigenvalue weighted by Gasteiger charge is -2.17. The highest BCUT2D eigenvalue weighted by Gasteiger charge is 2.12. The summed E-state index contributed by atoms with van der Waals surface area (Å²) in [5.41, 5.74) is 2.95. The first-order valence-corrected chi connectivity index (χ1v) is 8.99. The first kappa shape index (κ1) is 16.6. The maximum Gasteiger partial charge on any atom is 0.249 e. The molecule has 0 spiro atoms. The van der Waals surface area contributed by atoms with Crippen LogP contribution >= 0.6 is 11.6 Å². The van der Waals surface area contributed by atoms with Gasteiger partial charge < -0.3 is 15.5 Å². The predicted molar refractivity (Wildman–Crippen MR) is 106 cm³/mol. The van der Waals surface area contributed by atoms with Crippen molar-refractivity contribution >= 4 is 40.4 Å². The zero-order chi connectivity index (χ0) is 17.8. The van der Waals surface area contributed by atoms with Gasteiger partial charge in [0.2, 0.25) is 5.95 Å². The molecule has 1 fully saturated rings. The van der Waals surface area contributed by atoms with E-state index in [1.807, 2.05) is 18.2 Å². The average Bonchev–Trinajstić information content (AvgIpc) is 3.19. The van der Waals surface area contributed by atoms with Gasteiger partial charge in [0.15, 0.2) is 5.82 Å². The molecule has 7 heteroatoms. The Balaban J connectivity index is 1.46. The van der Waals surface area contributed by atoms with Crippen molar-refractivity contribution < 1.29 is 0 Å². The summed E-state index contributed by atoms with van der Waals surface area (Å²) in [6.07, 6.45) is 4.13. The number of nitrogens with one attached hydrogen (secondary N) is 2. The van der Waals surface area contributed by atoms with E-state index in [9.17, 15) is 0 Å². The van der Waals surface area contributed by atoms with Gasteiger partial charge in [-0.1, -0.05) is 23.7 Å². The fraction of sp³-hybridized carbons (Fsp3) is 0.211. The van der Waals surface area contributed by atoms with Gasteiger partial charge in [-0.2, -0.15) is 10.1 Å². The van der Waals surface area contributed by atoms with E-state index >= 15 is 0 Å². The van der Waals surface area contributed by atoms with E-state index in [-0.39, 0.29) is 0 Å². The van der Waals surface area contributed by atoms with Crippen LogP contribution in [0.5, 0.6) is 0 Å². The first-order valence-electron chi connectivity index (χ1n) is 8.61. The Bertz CT molecular complexity index is 877. The lowest BCUT2D eigenvalue weighted by Crippen LogP contribution is -2.17. The minimum atomic E-state index is 0.386. The van der Waals surface area contributed by atoms with Crippen LogP contribution in [-0.4, -0.2) is 28.3 Å². The van der Waals surface area contributed by atoms with Crippen molar-refractivity contribution in [1.82, 2.24) is 15.2 Å². The van der Waals surface area contributed by atoms with Crippen molar-refractivity contribution in [2.75, 3.05) is 28.6 Å². The molecule has 1 aromatic heterocycles. The van der Waals surface area contributed by atoms with E-state index in [1.54, 1.807) is 12.3 Å². The number of para-hydroxylation sites is 1. The highest BCUT2D eigenvalue weighted by Crippen LogP contribution is 2.25. The maximum atomic E-state index is 6.15. The normalized spacial score (nSPS) is 13.7. The summed E-state index contributed by atoms with van der Waals surface area (Å²) in [5, 5.41) is 14.9. The van der Waals surface area contributed by atoms with Gasteiger partial charge >= 0.3 is 0 Å². The number of rotatable bonds is 5. The molecule has 0 amide bonds. The summed E-state index contributed by atoms with van der Waals surface area (Å²) in [4.78, 5) is 6.84. The molecule has 0 saturated carbocycles. The summed E-state index contributed by atoms with van der Waals surface area (Å²) >= 11 is 6.15. The standard InChI is InChI=1S/C19H19ClN6/c20-16-5-1-2-6-17(16)23-19-24-18(13-21-25-19)22-14-7-9-15(10-8-14)26-11-3-4-12-26/h1-2,5-10,13H,3-4,11-12H2,(H2,22,23,24,25). The molecule has 4 rings (SSSR count). The topological polar surface area (TPSA) is 66.0 Å². The Morgan fingerprint density at radius 2 is 1.69 bits per heavy atom. The molecule has 0 atom stereocenters. The van der Waals surface area contributed by atoms with Gasteiger partial charge in [0, 0.05) is 24.5 Å². The predicted octanol–water partition coefficient (Wildman–Crippen LogP) is 4.61.